The van der Waals surface area contributed by atoms with Gasteiger partial charge in [-0.3, -0.25) is 0 Å². The van der Waals surface area contributed by atoms with Crippen molar-refractivity contribution in [2.45, 2.75) is 5.88 Å². The highest BCUT2D eigenvalue weighted by atomic mass is 35.5. The average molecular weight is 209 g/mol. The van der Waals surface area contributed by atoms with E-state index < -0.39 is 0 Å². The first kappa shape index (κ1) is 10.8. The lowest BCUT2D eigenvalue weighted by Crippen LogP contribution is -1.97. The molecule has 1 aromatic rings. The summed E-state index contributed by atoms with van der Waals surface area (Å²) in [5.74, 6) is 0.524. The Hall–Kier alpha value is -1.28. The minimum atomic E-state index is 0.524. The van der Waals surface area contributed by atoms with Crippen molar-refractivity contribution in [1.82, 2.24) is 5.32 Å². The largest absolute Gasteiger partial charge is 0.393 e. The lowest BCUT2D eigenvalue weighted by molar-refractivity contribution is 1.11. The molecule has 0 spiro atoms. The summed E-state index contributed by atoms with van der Waals surface area (Å²) < 4.78 is 0. The van der Waals surface area contributed by atoms with Crippen molar-refractivity contribution >= 4 is 23.4 Å². The van der Waals surface area contributed by atoms with E-state index in [1.54, 1.807) is 6.20 Å². The van der Waals surface area contributed by atoms with Gasteiger partial charge >= 0.3 is 0 Å². The van der Waals surface area contributed by atoms with E-state index in [0.717, 1.165) is 16.7 Å². The van der Waals surface area contributed by atoms with Crippen LogP contribution in [-0.2, 0) is 5.88 Å². The molecule has 0 amide bonds. The molecule has 0 radical (unpaired) electrons. The zero-order valence-corrected chi connectivity index (χ0v) is 8.81. The summed E-state index contributed by atoms with van der Waals surface area (Å²) in [5.41, 5.74) is 2.96. The second-order valence-electron chi connectivity index (χ2n) is 2.86. The van der Waals surface area contributed by atoms with Crippen molar-refractivity contribution in [2.24, 2.45) is 0 Å². The Bertz CT molecular complexity index is 328. The maximum Gasteiger partial charge on any atom is 0.0474 e. The SMILES string of the molecule is CN/C=C(\C=N)c1ccc(CCl)cc1. The standard InChI is InChI=1S/C11H13ClN2/c1-14-8-11(7-13)10-4-2-9(6-12)3-5-10/h2-5,7-8,13-14H,6H2,1H3/b11-8+,13-7?. The van der Waals surface area contributed by atoms with E-state index in [2.05, 4.69) is 5.32 Å². The Kier molecular flexibility index (Phi) is 4.20. The molecule has 0 atom stereocenters. The molecule has 0 aliphatic carbocycles. The fourth-order valence-electron chi connectivity index (χ4n) is 1.15. The Balaban J connectivity index is 2.95. The molecule has 1 rings (SSSR count). The molecule has 1 aromatic carbocycles. The molecular weight excluding hydrogens is 196 g/mol. The number of halogens is 1. The fourth-order valence-corrected chi connectivity index (χ4v) is 1.33. The van der Waals surface area contributed by atoms with Crippen molar-refractivity contribution in [3.05, 3.63) is 41.6 Å². The van der Waals surface area contributed by atoms with Crippen molar-refractivity contribution in [2.75, 3.05) is 7.05 Å². The van der Waals surface area contributed by atoms with Crippen LogP contribution in [0.5, 0.6) is 0 Å². The molecule has 0 aliphatic heterocycles. The number of hydrogen-bond donors (Lipinski definition) is 2. The van der Waals surface area contributed by atoms with Gasteiger partial charge in [0.15, 0.2) is 0 Å². The van der Waals surface area contributed by atoms with Gasteiger partial charge in [0.25, 0.3) is 0 Å². The molecule has 74 valence electrons. The van der Waals surface area contributed by atoms with Gasteiger partial charge in [-0.1, -0.05) is 24.3 Å². The number of hydrogen-bond acceptors (Lipinski definition) is 2. The van der Waals surface area contributed by atoms with Crippen LogP contribution in [0.4, 0.5) is 0 Å². The van der Waals surface area contributed by atoms with E-state index in [1.165, 1.54) is 6.21 Å². The van der Waals surface area contributed by atoms with Gasteiger partial charge in [-0.15, -0.1) is 11.6 Å². The minimum Gasteiger partial charge on any atom is -0.393 e. The molecule has 0 aliphatic rings. The fraction of sp³-hybridized carbons (Fsp3) is 0.182. The Morgan fingerprint density at radius 2 is 2.07 bits per heavy atom. The maximum atomic E-state index is 7.24. The summed E-state index contributed by atoms with van der Waals surface area (Å²) in [6.07, 6.45) is 3.12. The van der Waals surface area contributed by atoms with Crippen molar-refractivity contribution < 1.29 is 0 Å². The molecule has 3 heteroatoms. The second-order valence-corrected chi connectivity index (χ2v) is 3.13. The van der Waals surface area contributed by atoms with E-state index in [9.17, 15) is 0 Å². The zero-order valence-electron chi connectivity index (χ0n) is 8.05. The third kappa shape index (κ3) is 2.60. The molecule has 0 bridgehead atoms. The van der Waals surface area contributed by atoms with Crippen LogP contribution in [0.2, 0.25) is 0 Å². The summed E-state index contributed by atoms with van der Waals surface area (Å²) in [6.45, 7) is 0. The summed E-state index contributed by atoms with van der Waals surface area (Å²) in [6, 6.07) is 7.86. The van der Waals surface area contributed by atoms with Crippen LogP contribution in [0.25, 0.3) is 5.57 Å². The molecule has 14 heavy (non-hydrogen) atoms. The van der Waals surface area contributed by atoms with E-state index >= 15 is 0 Å². The summed E-state index contributed by atoms with van der Waals surface area (Å²) in [5, 5.41) is 10.1. The summed E-state index contributed by atoms with van der Waals surface area (Å²) in [4.78, 5) is 0. The van der Waals surface area contributed by atoms with Gasteiger partial charge in [0.05, 0.1) is 0 Å². The van der Waals surface area contributed by atoms with Gasteiger partial charge in [0.1, 0.15) is 0 Å². The Labute approximate surface area is 89.1 Å². The van der Waals surface area contributed by atoms with Gasteiger partial charge in [-0.25, -0.2) is 0 Å². The Morgan fingerprint density at radius 3 is 2.50 bits per heavy atom. The first-order chi connectivity index (χ1) is 6.81. The van der Waals surface area contributed by atoms with Crippen molar-refractivity contribution in [3.63, 3.8) is 0 Å². The van der Waals surface area contributed by atoms with Crippen LogP contribution in [-0.4, -0.2) is 13.3 Å². The maximum absolute atomic E-state index is 7.24. The predicted molar refractivity (Wildman–Crippen MR) is 61.8 cm³/mol. The summed E-state index contributed by atoms with van der Waals surface area (Å²) >= 11 is 5.68. The molecule has 0 fully saturated rings. The highest BCUT2D eigenvalue weighted by Crippen LogP contribution is 2.13. The second kappa shape index (κ2) is 5.45. The lowest BCUT2D eigenvalue weighted by Gasteiger charge is -2.02. The number of alkyl halides is 1. The summed E-state index contributed by atoms with van der Waals surface area (Å²) in [7, 11) is 1.82. The number of rotatable bonds is 4. The highest BCUT2D eigenvalue weighted by Gasteiger charge is 1.97. The molecule has 2 nitrogen and oxygen atoms in total. The van der Waals surface area contributed by atoms with Crippen LogP contribution in [0.15, 0.2) is 30.5 Å². The van der Waals surface area contributed by atoms with Crippen LogP contribution in [0.1, 0.15) is 11.1 Å². The van der Waals surface area contributed by atoms with Gasteiger partial charge in [-0.2, -0.15) is 0 Å². The zero-order chi connectivity index (χ0) is 10.4. The molecule has 0 saturated carbocycles. The quantitative estimate of drug-likeness (QED) is 0.579. The topological polar surface area (TPSA) is 35.9 Å². The van der Waals surface area contributed by atoms with E-state index in [0.29, 0.717) is 5.88 Å². The molecule has 0 aromatic heterocycles. The van der Waals surface area contributed by atoms with E-state index in [4.69, 9.17) is 17.0 Å². The molecule has 0 heterocycles. The monoisotopic (exact) mass is 208 g/mol. The first-order valence-corrected chi connectivity index (χ1v) is 4.88. The highest BCUT2D eigenvalue weighted by molar-refractivity contribution is 6.17. The number of allylic oxidation sites excluding steroid dienone is 1. The lowest BCUT2D eigenvalue weighted by atomic mass is 10.1. The first-order valence-electron chi connectivity index (χ1n) is 4.35. The predicted octanol–water partition coefficient (Wildman–Crippen LogP) is 2.64. The van der Waals surface area contributed by atoms with Crippen LogP contribution in [0, 0.1) is 5.41 Å². The van der Waals surface area contributed by atoms with Gasteiger partial charge in [0, 0.05) is 30.9 Å². The number of benzene rings is 1. The van der Waals surface area contributed by atoms with Crippen molar-refractivity contribution in [3.8, 4) is 0 Å². The van der Waals surface area contributed by atoms with Crippen LogP contribution in [0.3, 0.4) is 0 Å². The minimum absolute atomic E-state index is 0.524. The van der Waals surface area contributed by atoms with Crippen molar-refractivity contribution in [1.29, 1.82) is 5.41 Å². The van der Waals surface area contributed by atoms with E-state index in [-0.39, 0.29) is 0 Å². The molecule has 2 N–H and O–H groups in total. The molecule has 0 unspecified atom stereocenters. The smallest absolute Gasteiger partial charge is 0.0474 e. The van der Waals surface area contributed by atoms with Gasteiger partial charge in [-0.05, 0) is 11.1 Å². The van der Waals surface area contributed by atoms with Crippen LogP contribution >= 0.6 is 11.6 Å². The number of nitrogens with one attached hydrogen (secondary N) is 2. The average Bonchev–Trinajstić information content (AvgIpc) is 2.26. The van der Waals surface area contributed by atoms with E-state index in [1.807, 2.05) is 31.3 Å². The van der Waals surface area contributed by atoms with Crippen LogP contribution < -0.4 is 5.32 Å². The normalized spacial score (nSPS) is 11.1. The molecular formula is C11H13ClN2. The third-order valence-corrected chi connectivity index (χ3v) is 2.21. The molecule has 0 saturated heterocycles. The Morgan fingerprint density at radius 1 is 1.43 bits per heavy atom. The third-order valence-electron chi connectivity index (χ3n) is 1.90. The van der Waals surface area contributed by atoms with Gasteiger partial charge < -0.3 is 10.7 Å². The van der Waals surface area contributed by atoms with Gasteiger partial charge in [0.2, 0.25) is 0 Å².